The van der Waals surface area contributed by atoms with Gasteiger partial charge in [-0.15, -0.1) is 0 Å². The second-order valence-corrected chi connectivity index (χ2v) is 1.33. The van der Waals surface area contributed by atoms with Crippen LogP contribution in [0.15, 0.2) is 0 Å². The van der Waals surface area contributed by atoms with E-state index in [0.29, 0.717) is 6.54 Å². The second-order valence-electron chi connectivity index (χ2n) is 1.33. The number of hydrazine groups is 3. The van der Waals surface area contributed by atoms with E-state index in [2.05, 4.69) is 21.9 Å². The Balaban J connectivity index is 2.14. The zero-order chi connectivity index (χ0) is 5.11. The average Bonchev–Trinajstić information content (AvgIpc) is 2.14. The highest BCUT2D eigenvalue weighted by Gasteiger charge is 2.07. The van der Waals surface area contributed by atoms with Crippen molar-refractivity contribution in [3.8, 4) is 0 Å². The molecule has 0 bridgehead atoms. The molecule has 0 aromatic carbocycles. The molecule has 6 N–H and O–H groups in total. The van der Waals surface area contributed by atoms with Crippen molar-refractivity contribution in [2.24, 2.45) is 5.73 Å². The van der Waals surface area contributed by atoms with Crippen LogP contribution in [0, 0.1) is 0 Å². The summed E-state index contributed by atoms with van der Waals surface area (Å²) in [5, 5.41) is 0. The van der Waals surface area contributed by atoms with Crippen molar-refractivity contribution in [2.45, 2.75) is 6.17 Å². The van der Waals surface area contributed by atoms with Crippen LogP contribution in [0.25, 0.3) is 0 Å². The van der Waals surface area contributed by atoms with E-state index in [4.69, 9.17) is 5.73 Å². The van der Waals surface area contributed by atoms with E-state index in [-0.39, 0.29) is 6.17 Å². The predicted molar refractivity (Wildman–Crippen MR) is 25.4 cm³/mol. The highest BCUT2D eigenvalue weighted by atomic mass is 15.8. The van der Waals surface area contributed by atoms with Crippen LogP contribution < -0.4 is 27.7 Å². The van der Waals surface area contributed by atoms with Gasteiger partial charge in [0.05, 0.1) is 6.17 Å². The van der Waals surface area contributed by atoms with Crippen molar-refractivity contribution < 1.29 is 0 Å². The fourth-order valence-electron chi connectivity index (χ4n) is 0.400. The molecular weight excluding hydrogens is 94.1 g/mol. The van der Waals surface area contributed by atoms with Crippen LogP contribution in [-0.4, -0.2) is 12.7 Å². The van der Waals surface area contributed by atoms with Gasteiger partial charge in [-0.25, -0.2) is 10.9 Å². The average molecular weight is 103 g/mol. The van der Waals surface area contributed by atoms with E-state index in [0.717, 1.165) is 0 Å². The number of rotatable bonds is 1. The molecule has 1 heterocycles. The molecule has 0 aromatic rings. The molecule has 1 aliphatic rings. The van der Waals surface area contributed by atoms with Gasteiger partial charge in [0, 0.05) is 6.54 Å². The minimum absolute atomic E-state index is 0.153. The van der Waals surface area contributed by atoms with Crippen LogP contribution in [0.1, 0.15) is 0 Å². The summed E-state index contributed by atoms with van der Waals surface area (Å²) < 4.78 is 0. The van der Waals surface area contributed by atoms with Crippen molar-refractivity contribution in [3.05, 3.63) is 0 Å². The van der Waals surface area contributed by atoms with Crippen LogP contribution in [0.2, 0.25) is 0 Å². The summed E-state index contributed by atoms with van der Waals surface area (Å²) in [5.41, 5.74) is 16.1. The van der Waals surface area contributed by atoms with Gasteiger partial charge in [0.1, 0.15) is 0 Å². The van der Waals surface area contributed by atoms with Crippen molar-refractivity contribution in [1.29, 1.82) is 0 Å². The molecule has 5 heteroatoms. The minimum Gasteiger partial charge on any atom is -0.328 e. The molecule has 0 saturated carbocycles. The molecule has 1 rings (SSSR count). The maximum absolute atomic E-state index is 5.23. The first-order valence-corrected chi connectivity index (χ1v) is 2.14. The molecular formula is C2H9N5. The Hall–Kier alpha value is -0.200. The molecule has 0 aliphatic carbocycles. The van der Waals surface area contributed by atoms with Gasteiger partial charge in [0.25, 0.3) is 0 Å². The van der Waals surface area contributed by atoms with Crippen molar-refractivity contribution in [2.75, 3.05) is 6.54 Å². The van der Waals surface area contributed by atoms with Crippen LogP contribution in [0.4, 0.5) is 0 Å². The minimum atomic E-state index is 0.153. The van der Waals surface area contributed by atoms with Gasteiger partial charge in [-0.1, -0.05) is 0 Å². The molecule has 0 spiro atoms. The molecule has 0 aromatic heterocycles. The summed E-state index contributed by atoms with van der Waals surface area (Å²) in [6.45, 7) is 0.569. The van der Waals surface area contributed by atoms with Gasteiger partial charge < -0.3 is 5.73 Å². The monoisotopic (exact) mass is 103 g/mol. The number of hydrogen-bond donors (Lipinski definition) is 5. The van der Waals surface area contributed by atoms with E-state index < -0.39 is 0 Å². The van der Waals surface area contributed by atoms with Gasteiger partial charge in [-0.3, -0.25) is 0 Å². The van der Waals surface area contributed by atoms with Gasteiger partial charge in [-0.2, -0.15) is 11.1 Å². The Kier molecular flexibility index (Phi) is 1.55. The largest absolute Gasteiger partial charge is 0.328 e. The van der Waals surface area contributed by atoms with Crippen molar-refractivity contribution in [1.82, 2.24) is 21.9 Å². The third-order valence-corrected chi connectivity index (χ3v) is 0.791. The first kappa shape index (κ1) is 4.95. The highest BCUT2D eigenvalue weighted by molar-refractivity contribution is 4.60. The fraction of sp³-hybridized carbons (Fsp3) is 1.00. The van der Waals surface area contributed by atoms with Gasteiger partial charge in [-0.05, 0) is 0 Å². The standard InChI is InChI=1S/C2H9N5/c3-1-2-4-6-7-5-2/h2,4-7H,1,3H2. The van der Waals surface area contributed by atoms with Crippen LogP contribution in [0.3, 0.4) is 0 Å². The summed E-state index contributed by atoms with van der Waals surface area (Å²) in [4.78, 5) is 0. The van der Waals surface area contributed by atoms with E-state index in [1.807, 2.05) is 0 Å². The SMILES string of the molecule is NCC1NNNN1. The summed E-state index contributed by atoms with van der Waals surface area (Å²) in [5.74, 6) is 0. The lowest BCUT2D eigenvalue weighted by Crippen LogP contribution is -2.40. The highest BCUT2D eigenvalue weighted by Crippen LogP contribution is 1.67. The fourth-order valence-corrected chi connectivity index (χ4v) is 0.400. The first-order valence-electron chi connectivity index (χ1n) is 2.14. The van der Waals surface area contributed by atoms with E-state index in [1.54, 1.807) is 0 Å². The Morgan fingerprint density at radius 1 is 1.29 bits per heavy atom. The van der Waals surface area contributed by atoms with Gasteiger partial charge >= 0.3 is 0 Å². The first-order chi connectivity index (χ1) is 3.43. The smallest absolute Gasteiger partial charge is 0.0980 e. The summed E-state index contributed by atoms with van der Waals surface area (Å²) in [6.07, 6.45) is 0.153. The molecule has 1 fully saturated rings. The summed E-state index contributed by atoms with van der Waals surface area (Å²) in [6, 6.07) is 0. The predicted octanol–water partition coefficient (Wildman–Crippen LogP) is -2.61. The molecule has 7 heavy (non-hydrogen) atoms. The Bertz CT molecular complexity index is 48.0. The third kappa shape index (κ3) is 1.08. The van der Waals surface area contributed by atoms with Crippen molar-refractivity contribution in [3.63, 3.8) is 0 Å². The third-order valence-electron chi connectivity index (χ3n) is 0.791. The molecule has 1 aliphatic heterocycles. The topological polar surface area (TPSA) is 74.1 Å². The zero-order valence-corrected chi connectivity index (χ0v) is 3.86. The van der Waals surface area contributed by atoms with E-state index >= 15 is 0 Å². The lowest BCUT2D eigenvalue weighted by molar-refractivity contribution is 0.535. The molecule has 1 saturated heterocycles. The van der Waals surface area contributed by atoms with Crippen LogP contribution in [0.5, 0.6) is 0 Å². The lowest BCUT2D eigenvalue weighted by atomic mass is 10.5. The molecule has 0 amide bonds. The number of nitrogens with two attached hydrogens (primary N) is 1. The quantitative estimate of drug-likeness (QED) is 0.251. The maximum atomic E-state index is 5.23. The Morgan fingerprint density at radius 3 is 2.14 bits per heavy atom. The Labute approximate surface area is 41.5 Å². The molecule has 0 atom stereocenters. The van der Waals surface area contributed by atoms with E-state index in [9.17, 15) is 0 Å². The van der Waals surface area contributed by atoms with E-state index in [1.165, 1.54) is 0 Å². The van der Waals surface area contributed by atoms with Gasteiger partial charge in [0.2, 0.25) is 0 Å². The second kappa shape index (κ2) is 2.20. The number of nitrogens with one attached hydrogen (secondary N) is 4. The number of hydrogen-bond acceptors (Lipinski definition) is 5. The summed E-state index contributed by atoms with van der Waals surface area (Å²) in [7, 11) is 0. The Morgan fingerprint density at radius 2 is 1.86 bits per heavy atom. The zero-order valence-electron chi connectivity index (χ0n) is 3.86. The molecule has 5 nitrogen and oxygen atoms in total. The normalized spacial score (nSPS) is 23.6. The molecule has 0 unspecified atom stereocenters. The van der Waals surface area contributed by atoms with Crippen LogP contribution >= 0.6 is 0 Å². The lowest BCUT2D eigenvalue weighted by Gasteiger charge is -2.00. The molecule has 42 valence electrons. The van der Waals surface area contributed by atoms with Crippen molar-refractivity contribution >= 4 is 0 Å². The maximum Gasteiger partial charge on any atom is 0.0980 e. The summed E-state index contributed by atoms with van der Waals surface area (Å²) >= 11 is 0. The molecule has 0 radical (unpaired) electrons. The van der Waals surface area contributed by atoms with Crippen LogP contribution in [-0.2, 0) is 0 Å². The van der Waals surface area contributed by atoms with Gasteiger partial charge in [0.15, 0.2) is 0 Å².